The van der Waals surface area contributed by atoms with Gasteiger partial charge in [-0.15, -0.1) is 0 Å². The van der Waals surface area contributed by atoms with Gasteiger partial charge in [0.15, 0.2) is 0 Å². The van der Waals surface area contributed by atoms with Crippen molar-refractivity contribution in [2.24, 2.45) is 5.92 Å². The van der Waals surface area contributed by atoms with Gasteiger partial charge in [0.1, 0.15) is 0 Å². The molecule has 1 aromatic rings. The topological polar surface area (TPSA) is 29.1 Å². The monoisotopic (exact) mass is 259 g/mol. The van der Waals surface area contributed by atoms with E-state index >= 15 is 0 Å². The first-order valence-corrected chi connectivity index (χ1v) is 5.75. The van der Waals surface area contributed by atoms with E-state index in [1.165, 1.54) is 6.07 Å². The number of aryl methyl sites for hydroxylation is 1. The zero-order valence-corrected chi connectivity index (χ0v) is 10.3. The van der Waals surface area contributed by atoms with Crippen LogP contribution in [-0.4, -0.2) is 6.41 Å². The summed E-state index contributed by atoms with van der Waals surface area (Å²) in [5.41, 5.74) is 0.280. The van der Waals surface area contributed by atoms with Crippen LogP contribution in [0, 0.1) is 5.92 Å². The second-order valence-electron chi connectivity index (χ2n) is 4.56. The van der Waals surface area contributed by atoms with Gasteiger partial charge in [-0.05, 0) is 42.5 Å². The largest absolute Gasteiger partial charge is 0.416 e. The van der Waals surface area contributed by atoms with E-state index in [2.05, 4.69) is 5.32 Å². The minimum atomic E-state index is -4.35. The average molecular weight is 259 g/mol. The van der Waals surface area contributed by atoms with Crippen molar-refractivity contribution in [2.45, 2.75) is 32.9 Å². The Morgan fingerprint density at radius 2 is 2.00 bits per heavy atom. The zero-order chi connectivity index (χ0) is 13.8. The lowest BCUT2D eigenvalue weighted by Gasteiger charge is -2.13. The Hall–Kier alpha value is -1.52. The number of hydrogen-bond acceptors (Lipinski definition) is 1. The van der Waals surface area contributed by atoms with E-state index in [-0.39, 0.29) is 0 Å². The number of carbonyl (C=O) groups is 1. The smallest absolute Gasteiger partial charge is 0.328 e. The molecule has 0 aliphatic carbocycles. The summed E-state index contributed by atoms with van der Waals surface area (Å²) in [6, 6.07) is 3.38. The molecule has 0 heterocycles. The molecule has 18 heavy (non-hydrogen) atoms. The Morgan fingerprint density at radius 1 is 1.33 bits per heavy atom. The highest BCUT2D eigenvalue weighted by Crippen LogP contribution is 2.32. The maximum Gasteiger partial charge on any atom is 0.416 e. The fourth-order valence-electron chi connectivity index (χ4n) is 1.63. The molecule has 0 saturated carbocycles. The standard InChI is InChI=1S/C13H16F3NO/c1-9(2)3-4-10-7-11(13(14,15)16)5-6-12(10)17-8-18/h5-9H,3-4H2,1-2H3,(H,17,18). The van der Waals surface area contributed by atoms with E-state index in [0.29, 0.717) is 30.0 Å². The van der Waals surface area contributed by atoms with E-state index in [0.717, 1.165) is 18.6 Å². The molecule has 0 aliphatic rings. The van der Waals surface area contributed by atoms with Crippen molar-refractivity contribution >= 4 is 12.1 Å². The molecular weight excluding hydrogens is 243 g/mol. The van der Waals surface area contributed by atoms with Gasteiger partial charge in [0.2, 0.25) is 6.41 Å². The Labute approximate surface area is 104 Å². The lowest BCUT2D eigenvalue weighted by molar-refractivity contribution is -0.137. The Kier molecular flexibility index (Phi) is 4.76. The van der Waals surface area contributed by atoms with Crippen molar-refractivity contribution in [1.82, 2.24) is 0 Å². The zero-order valence-electron chi connectivity index (χ0n) is 10.3. The van der Waals surface area contributed by atoms with Crippen LogP contribution in [0.3, 0.4) is 0 Å². The molecule has 0 radical (unpaired) electrons. The van der Waals surface area contributed by atoms with Gasteiger partial charge >= 0.3 is 6.18 Å². The van der Waals surface area contributed by atoms with Crippen molar-refractivity contribution in [3.05, 3.63) is 29.3 Å². The van der Waals surface area contributed by atoms with E-state index in [9.17, 15) is 18.0 Å². The first-order chi connectivity index (χ1) is 8.34. The molecule has 0 bridgehead atoms. The SMILES string of the molecule is CC(C)CCc1cc(C(F)(F)F)ccc1NC=O. The molecule has 1 rings (SSSR count). The van der Waals surface area contributed by atoms with Crippen LogP contribution in [0.15, 0.2) is 18.2 Å². The minimum absolute atomic E-state index is 0.392. The summed E-state index contributed by atoms with van der Waals surface area (Å²) in [6.45, 7) is 4.00. The Morgan fingerprint density at radius 3 is 2.50 bits per heavy atom. The van der Waals surface area contributed by atoms with Gasteiger partial charge < -0.3 is 5.32 Å². The van der Waals surface area contributed by atoms with Crippen LogP contribution < -0.4 is 5.32 Å². The summed E-state index contributed by atoms with van der Waals surface area (Å²) in [5.74, 6) is 0.392. The van der Waals surface area contributed by atoms with Crippen LogP contribution in [0.5, 0.6) is 0 Å². The fourth-order valence-corrected chi connectivity index (χ4v) is 1.63. The molecule has 1 amide bonds. The summed E-state index contributed by atoms with van der Waals surface area (Å²) >= 11 is 0. The molecular formula is C13H16F3NO. The van der Waals surface area contributed by atoms with Gasteiger partial charge in [-0.3, -0.25) is 4.79 Å². The third-order valence-corrected chi connectivity index (χ3v) is 2.64. The third kappa shape index (κ3) is 4.05. The maximum atomic E-state index is 12.6. The van der Waals surface area contributed by atoms with E-state index in [1.807, 2.05) is 13.8 Å². The van der Waals surface area contributed by atoms with E-state index in [4.69, 9.17) is 0 Å². The van der Waals surface area contributed by atoms with Crippen LogP contribution in [0.2, 0.25) is 0 Å². The average Bonchev–Trinajstić information content (AvgIpc) is 2.26. The van der Waals surface area contributed by atoms with Crippen LogP contribution in [-0.2, 0) is 17.4 Å². The van der Waals surface area contributed by atoms with Crippen LogP contribution >= 0.6 is 0 Å². The first kappa shape index (κ1) is 14.5. The molecule has 0 aromatic heterocycles. The number of anilines is 1. The van der Waals surface area contributed by atoms with E-state index in [1.54, 1.807) is 0 Å². The molecule has 0 saturated heterocycles. The molecule has 100 valence electrons. The van der Waals surface area contributed by atoms with Gasteiger partial charge in [-0.2, -0.15) is 13.2 Å². The second-order valence-corrected chi connectivity index (χ2v) is 4.56. The van der Waals surface area contributed by atoms with Gasteiger partial charge in [0.25, 0.3) is 0 Å². The molecule has 0 spiro atoms. The summed E-state index contributed by atoms with van der Waals surface area (Å²) in [5, 5.41) is 2.43. The number of halogens is 3. The molecule has 0 aliphatic heterocycles. The predicted molar refractivity (Wildman–Crippen MR) is 64.3 cm³/mol. The summed E-state index contributed by atoms with van der Waals surface area (Å²) in [6.07, 6.45) is -2.60. The Balaban J connectivity index is 3.03. The Bertz CT molecular complexity index is 413. The normalized spacial score (nSPS) is 11.7. The van der Waals surface area contributed by atoms with E-state index < -0.39 is 11.7 Å². The molecule has 1 N–H and O–H groups in total. The lowest BCUT2D eigenvalue weighted by atomic mass is 9.99. The summed E-state index contributed by atoms with van der Waals surface area (Å²) < 4.78 is 37.8. The summed E-state index contributed by atoms with van der Waals surface area (Å²) in [7, 11) is 0. The fraction of sp³-hybridized carbons (Fsp3) is 0.462. The molecule has 5 heteroatoms. The summed E-state index contributed by atoms with van der Waals surface area (Å²) in [4.78, 5) is 10.4. The number of nitrogens with one attached hydrogen (secondary N) is 1. The highest BCUT2D eigenvalue weighted by molar-refractivity contribution is 5.73. The lowest BCUT2D eigenvalue weighted by Crippen LogP contribution is -2.08. The van der Waals surface area contributed by atoms with Gasteiger partial charge in [0, 0.05) is 5.69 Å². The van der Waals surface area contributed by atoms with Gasteiger partial charge in [-0.1, -0.05) is 13.8 Å². The van der Waals surface area contributed by atoms with Crippen LogP contribution in [0.4, 0.5) is 18.9 Å². The molecule has 0 unspecified atom stereocenters. The second kappa shape index (κ2) is 5.89. The highest BCUT2D eigenvalue weighted by atomic mass is 19.4. The van der Waals surface area contributed by atoms with Crippen molar-refractivity contribution in [3.8, 4) is 0 Å². The molecule has 0 atom stereocenters. The van der Waals surface area contributed by atoms with Crippen molar-refractivity contribution in [2.75, 3.05) is 5.32 Å². The quantitative estimate of drug-likeness (QED) is 0.799. The molecule has 2 nitrogen and oxygen atoms in total. The first-order valence-electron chi connectivity index (χ1n) is 5.75. The highest BCUT2D eigenvalue weighted by Gasteiger charge is 2.30. The van der Waals surface area contributed by atoms with Crippen LogP contribution in [0.1, 0.15) is 31.4 Å². The molecule has 0 fully saturated rings. The van der Waals surface area contributed by atoms with Gasteiger partial charge in [-0.25, -0.2) is 0 Å². The number of alkyl halides is 3. The number of rotatable bonds is 5. The predicted octanol–water partition coefficient (Wildman–Crippen LogP) is 3.86. The van der Waals surface area contributed by atoms with Crippen LogP contribution in [0.25, 0.3) is 0 Å². The van der Waals surface area contributed by atoms with Crippen molar-refractivity contribution < 1.29 is 18.0 Å². The third-order valence-electron chi connectivity index (χ3n) is 2.64. The van der Waals surface area contributed by atoms with Crippen molar-refractivity contribution in [3.63, 3.8) is 0 Å². The van der Waals surface area contributed by atoms with Crippen molar-refractivity contribution in [1.29, 1.82) is 0 Å². The number of benzene rings is 1. The number of carbonyl (C=O) groups excluding carboxylic acids is 1. The number of hydrogen-bond donors (Lipinski definition) is 1. The number of amides is 1. The molecule has 1 aromatic carbocycles. The van der Waals surface area contributed by atoms with Gasteiger partial charge in [0.05, 0.1) is 5.56 Å². The minimum Gasteiger partial charge on any atom is -0.328 e. The maximum absolute atomic E-state index is 12.6.